The van der Waals surface area contributed by atoms with E-state index in [4.69, 9.17) is 0 Å². The molecular weight excluding hydrogens is 188 g/mol. The van der Waals surface area contributed by atoms with Gasteiger partial charge in [-0.3, -0.25) is 4.79 Å². The van der Waals surface area contributed by atoms with Crippen molar-refractivity contribution in [3.8, 4) is 0 Å². The summed E-state index contributed by atoms with van der Waals surface area (Å²) in [6, 6.07) is 0. The summed E-state index contributed by atoms with van der Waals surface area (Å²) in [5.74, 6) is 3.06. The largest absolute Gasteiger partial charge is 0.359 e. The summed E-state index contributed by atoms with van der Waals surface area (Å²) in [5, 5.41) is 6.08. The minimum atomic E-state index is 0.136. The van der Waals surface area contributed by atoms with Gasteiger partial charge in [0.05, 0.1) is 0 Å². The highest BCUT2D eigenvalue weighted by Crippen LogP contribution is 2.48. The molecular formula is C12H22N2O. The summed E-state index contributed by atoms with van der Waals surface area (Å²) >= 11 is 0. The summed E-state index contributed by atoms with van der Waals surface area (Å²) in [4.78, 5) is 11.0. The molecule has 2 saturated carbocycles. The van der Waals surface area contributed by atoms with Crippen LogP contribution in [0.1, 0.15) is 32.1 Å². The van der Waals surface area contributed by atoms with Crippen LogP contribution in [0.5, 0.6) is 0 Å². The molecule has 0 aromatic rings. The van der Waals surface area contributed by atoms with E-state index in [1.54, 1.807) is 7.05 Å². The Bertz CT molecular complexity index is 210. The zero-order chi connectivity index (χ0) is 10.7. The van der Waals surface area contributed by atoms with Gasteiger partial charge in [-0.2, -0.15) is 0 Å². The maximum Gasteiger partial charge on any atom is 0.221 e. The Morgan fingerprint density at radius 1 is 1.27 bits per heavy atom. The zero-order valence-corrected chi connectivity index (χ0v) is 9.59. The third-order valence-corrected chi connectivity index (χ3v) is 3.64. The predicted octanol–water partition coefficient (Wildman–Crippen LogP) is 1.15. The molecule has 2 rings (SSSR count). The van der Waals surface area contributed by atoms with Gasteiger partial charge in [0, 0.05) is 20.0 Å². The Labute approximate surface area is 92.0 Å². The standard InChI is InChI=1S/C12H22N2O/c1-13-12(15)6-7-14-8-11(9-2-3-9)10-4-5-10/h9-11,14H,2-8H2,1H3,(H,13,15). The number of hydrogen-bond acceptors (Lipinski definition) is 2. The summed E-state index contributed by atoms with van der Waals surface area (Å²) < 4.78 is 0. The highest BCUT2D eigenvalue weighted by atomic mass is 16.1. The van der Waals surface area contributed by atoms with E-state index in [-0.39, 0.29) is 5.91 Å². The van der Waals surface area contributed by atoms with E-state index in [0.29, 0.717) is 6.42 Å². The van der Waals surface area contributed by atoms with E-state index in [1.807, 2.05) is 0 Å². The van der Waals surface area contributed by atoms with Crippen LogP contribution >= 0.6 is 0 Å². The molecule has 0 spiro atoms. The van der Waals surface area contributed by atoms with E-state index in [9.17, 15) is 4.79 Å². The van der Waals surface area contributed by atoms with Crippen LogP contribution in [0.3, 0.4) is 0 Å². The molecule has 0 aromatic heterocycles. The van der Waals surface area contributed by atoms with Gasteiger partial charge < -0.3 is 10.6 Å². The van der Waals surface area contributed by atoms with Crippen molar-refractivity contribution in [3.05, 3.63) is 0 Å². The van der Waals surface area contributed by atoms with Gasteiger partial charge >= 0.3 is 0 Å². The molecule has 0 aliphatic heterocycles. The zero-order valence-electron chi connectivity index (χ0n) is 9.59. The molecule has 86 valence electrons. The molecule has 15 heavy (non-hydrogen) atoms. The molecule has 0 aromatic carbocycles. The number of carbonyl (C=O) groups is 1. The van der Waals surface area contributed by atoms with Crippen LogP contribution in [0, 0.1) is 17.8 Å². The fourth-order valence-corrected chi connectivity index (χ4v) is 2.36. The van der Waals surface area contributed by atoms with Crippen molar-refractivity contribution in [2.75, 3.05) is 20.1 Å². The van der Waals surface area contributed by atoms with E-state index in [2.05, 4.69) is 10.6 Å². The molecule has 2 aliphatic rings. The van der Waals surface area contributed by atoms with Crippen molar-refractivity contribution in [2.24, 2.45) is 17.8 Å². The summed E-state index contributed by atoms with van der Waals surface area (Å²) in [7, 11) is 1.69. The first kappa shape index (κ1) is 10.9. The number of rotatable bonds is 7. The lowest BCUT2D eigenvalue weighted by atomic mass is 9.98. The van der Waals surface area contributed by atoms with Crippen LogP contribution in [0.15, 0.2) is 0 Å². The number of amides is 1. The van der Waals surface area contributed by atoms with Crippen LogP contribution in [0.4, 0.5) is 0 Å². The summed E-state index contributed by atoms with van der Waals surface area (Å²) in [6.07, 6.45) is 6.38. The highest BCUT2D eigenvalue weighted by Gasteiger charge is 2.40. The molecule has 1 amide bonds. The van der Waals surface area contributed by atoms with Gasteiger partial charge in [0.15, 0.2) is 0 Å². The van der Waals surface area contributed by atoms with Gasteiger partial charge in [-0.1, -0.05) is 0 Å². The average Bonchev–Trinajstić information content (AvgIpc) is 3.09. The monoisotopic (exact) mass is 210 g/mol. The molecule has 0 atom stereocenters. The van der Waals surface area contributed by atoms with Crippen LogP contribution in [0.2, 0.25) is 0 Å². The molecule has 2 aliphatic carbocycles. The fraction of sp³-hybridized carbons (Fsp3) is 0.917. The fourth-order valence-electron chi connectivity index (χ4n) is 2.36. The molecule has 0 saturated heterocycles. The van der Waals surface area contributed by atoms with Crippen molar-refractivity contribution in [2.45, 2.75) is 32.1 Å². The Morgan fingerprint density at radius 2 is 1.87 bits per heavy atom. The van der Waals surface area contributed by atoms with Crippen LogP contribution in [-0.4, -0.2) is 26.0 Å². The lowest BCUT2D eigenvalue weighted by Crippen LogP contribution is -2.29. The maximum absolute atomic E-state index is 11.0. The first-order chi connectivity index (χ1) is 7.31. The van der Waals surface area contributed by atoms with Crippen molar-refractivity contribution in [1.82, 2.24) is 10.6 Å². The smallest absolute Gasteiger partial charge is 0.221 e. The third-order valence-electron chi connectivity index (χ3n) is 3.64. The Kier molecular flexibility index (Phi) is 3.62. The lowest BCUT2D eigenvalue weighted by molar-refractivity contribution is -0.120. The Hall–Kier alpha value is -0.570. The molecule has 2 fully saturated rings. The second kappa shape index (κ2) is 4.97. The molecule has 0 heterocycles. The second-order valence-corrected chi connectivity index (χ2v) is 4.97. The molecule has 3 nitrogen and oxygen atoms in total. The van der Waals surface area contributed by atoms with Crippen LogP contribution < -0.4 is 10.6 Å². The van der Waals surface area contributed by atoms with Crippen LogP contribution in [-0.2, 0) is 4.79 Å². The molecule has 0 bridgehead atoms. The summed E-state index contributed by atoms with van der Waals surface area (Å²) in [6.45, 7) is 1.96. The minimum absolute atomic E-state index is 0.136. The van der Waals surface area contributed by atoms with Gasteiger partial charge in [-0.15, -0.1) is 0 Å². The van der Waals surface area contributed by atoms with Gasteiger partial charge in [-0.25, -0.2) is 0 Å². The quantitative estimate of drug-likeness (QED) is 0.619. The first-order valence-corrected chi connectivity index (χ1v) is 6.22. The van der Waals surface area contributed by atoms with Crippen molar-refractivity contribution in [3.63, 3.8) is 0 Å². The number of carbonyl (C=O) groups excluding carboxylic acids is 1. The van der Waals surface area contributed by atoms with Crippen molar-refractivity contribution < 1.29 is 4.79 Å². The normalized spacial score (nSPS) is 20.7. The van der Waals surface area contributed by atoms with Gasteiger partial charge in [0.2, 0.25) is 5.91 Å². The maximum atomic E-state index is 11.0. The first-order valence-electron chi connectivity index (χ1n) is 6.22. The predicted molar refractivity (Wildman–Crippen MR) is 60.5 cm³/mol. The number of hydrogen-bond donors (Lipinski definition) is 2. The Morgan fingerprint density at radius 3 is 2.33 bits per heavy atom. The summed E-state index contributed by atoms with van der Waals surface area (Å²) in [5.41, 5.74) is 0. The average molecular weight is 210 g/mol. The van der Waals surface area contributed by atoms with Crippen LogP contribution in [0.25, 0.3) is 0 Å². The minimum Gasteiger partial charge on any atom is -0.359 e. The molecule has 0 unspecified atom stereocenters. The van der Waals surface area contributed by atoms with E-state index in [1.165, 1.54) is 25.7 Å². The van der Waals surface area contributed by atoms with Gasteiger partial charge in [-0.05, 0) is 50.0 Å². The highest BCUT2D eigenvalue weighted by molar-refractivity contribution is 5.75. The molecule has 0 radical (unpaired) electrons. The molecule has 3 heteroatoms. The SMILES string of the molecule is CNC(=O)CCNCC(C1CC1)C1CC1. The third kappa shape index (κ3) is 3.49. The lowest BCUT2D eigenvalue weighted by Gasteiger charge is -2.15. The van der Waals surface area contributed by atoms with Crippen molar-refractivity contribution in [1.29, 1.82) is 0 Å². The van der Waals surface area contributed by atoms with E-state index >= 15 is 0 Å². The topological polar surface area (TPSA) is 41.1 Å². The number of nitrogens with one attached hydrogen (secondary N) is 2. The Balaban J connectivity index is 1.57. The van der Waals surface area contributed by atoms with E-state index in [0.717, 1.165) is 30.8 Å². The molecule has 2 N–H and O–H groups in total. The van der Waals surface area contributed by atoms with Gasteiger partial charge in [0.1, 0.15) is 0 Å². The van der Waals surface area contributed by atoms with E-state index < -0.39 is 0 Å². The second-order valence-electron chi connectivity index (χ2n) is 4.97. The van der Waals surface area contributed by atoms with Crippen molar-refractivity contribution >= 4 is 5.91 Å². The van der Waals surface area contributed by atoms with Gasteiger partial charge in [0.25, 0.3) is 0 Å².